The Morgan fingerprint density at radius 1 is 1.33 bits per heavy atom. The Kier molecular flexibility index (Phi) is 3.31. The SMILES string of the molecule is CC1(C)C(Nc2cccc(OC(F)(F)F)c2)C2CCOC21. The van der Waals surface area contributed by atoms with Crippen LogP contribution in [0, 0.1) is 11.3 Å². The Labute approximate surface area is 121 Å². The maximum absolute atomic E-state index is 12.3. The van der Waals surface area contributed by atoms with E-state index in [0.717, 1.165) is 13.0 Å². The first-order valence-corrected chi connectivity index (χ1v) is 7.01. The minimum absolute atomic E-state index is 0.0257. The highest BCUT2D eigenvalue weighted by atomic mass is 19.4. The van der Waals surface area contributed by atoms with Crippen molar-refractivity contribution in [3.63, 3.8) is 0 Å². The van der Waals surface area contributed by atoms with Crippen LogP contribution >= 0.6 is 0 Å². The fourth-order valence-electron chi connectivity index (χ4n) is 3.58. The van der Waals surface area contributed by atoms with E-state index in [1.165, 1.54) is 12.1 Å². The van der Waals surface area contributed by atoms with Crippen molar-refractivity contribution in [3.8, 4) is 5.75 Å². The minimum Gasteiger partial charge on any atom is -0.406 e. The van der Waals surface area contributed by atoms with E-state index in [9.17, 15) is 13.2 Å². The second-order valence-corrected chi connectivity index (χ2v) is 6.26. The highest BCUT2D eigenvalue weighted by Gasteiger charge is 2.59. The zero-order valence-electron chi connectivity index (χ0n) is 11.9. The van der Waals surface area contributed by atoms with Crippen LogP contribution in [-0.2, 0) is 4.74 Å². The molecule has 21 heavy (non-hydrogen) atoms. The molecule has 1 aromatic carbocycles. The average molecular weight is 301 g/mol. The maximum Gasteiger partial charge on any atom is 0.573 e. The smallest absolute Gasteiger partial charge is 0.406 e. The number of nitrogens with one attached hydrogen (secondary N) is 1. The van der Waals surface area contributed by atoms with Crippen molar-refractivity contribution in [1.29, 1.82) is 0 Å². The van der Waals surface area contributed by atoms with Gasteiger partial charge >= 0.3 is 6.36 Å². The highest BCUT2D eigenvalue weighted by Crippen LogP contribution is 2.53. The summed E-state index contributed by atoms with van der Waals surface area (Å²) in [5.74, 6) is 0.219. The van der Waals surface area contributed by atoms with Crippen molar-refractivity contribution >= 4 is 5.69 Å². The van der Waals surface area contributed by atoms with E-state index in [1.54, 1.807) is 12.1 Å². The number of hydrogen-bond donors (Lipinski definition) is 1. The van der Waals surface area contributed by atoms with Gasteiger partial charge in [0.25, 0.3) is 0 Å². The molecule has 3 rings (SSSR count). The van der Waals surface area contributed by atoms with Gasteiger partial charge in [-0.2, -0.15) is 0 Å². The highest BCUT2D eigenvalue weighted by molar-refractivity contribution is 5.50. The molecule has 1 saturated carbocycles. The number of ether oxygens (including phenoxy) is 2. The fraction of sp³-hybridized carbons (Fsp3) is 0.600. The second kappa shape index (κ2) is 4.80. The molecule has 1 aliphatic carbocycles. The topological polar surface area (TPSA) is 30.5 Å². The van der Waals surface area contributed by atoms with Crippen molar-refractivity contribution in [2.24, 2.45) is 11.3 Å². The lowest BCUT2D eigenvalue weighted by Crippen LogP contribution is -2.63. The van der Waals surface area contributed by atoms with Crippen LogP contribution in [0.4, 0.5) is 18.9 Å². The molecule has 1 saturated heterocycles. The van der Waals surface area contributed by atoms with Gasteiger partial charge in [0.15, 0.2) is 0 Å². The van der Waals surface area contributed by atoms with Crippen LogP contribution < -0.4 is 10.1 Å². The summed E-state index contributed by atoms with van der Waals surface area (Å²) >= 11 is 0. The zero-order valence-corrected chi connectivity index (χ0v) is 11.9. The standard InChI is InChI=1S/C15H18F3NO2/c1-14(2)12(11-6-7-20-13(11)14)19-9-4-3-5-10(8-9)21-15(16,17)18/h3-5,8,11-13,19H,6-7H2,1-2H3. The lowest BCUT2D eigenvalue weighted by molar-refractivity contribution is -0.274. The third-order valence-corrected chi connectivity index (χ3v) is 4.49. The first-order chi connectivity index (χ1) is 9.77. The molecule has 116 valence electrons. The van der Waals surface area contributed by atoms with E-state index >= 15 is 0 Å². The largest absolute Gasteiger partial charge is 0.573 e. The number of benzene rings is 1. The molecule has 0 radical (unpaired) electrons. The van der Waals surface area contributed by atoms with Gasteiger partial charge < -0.3 is 14.8 Å². The zero-order chi connectivity index (χ0) is 15.3. The summed E-state index contributed by atoms with van der Waals surface area (Å²) in [6.45, 7) is 4.99. The van der Waals surface area contributed by atoms with Gasteiger partial charge in [-0.15, -0.1) is 13.2 Å². The molecule has 6 heteroatoms. The van der Waals surface area contributed by atoms with Crippen LogP contribution in [0.25, 0.3) is 0 Å². The number of fused-ring (bicyclic) bond motifs is 1. The Morgan fingerprint density at radius 3 is 2.81 bits per heavy atom. The summed E-state index contributed by atoms with van der Waals surface area (Å²) in [5.41, 5.74) is 0.613. The van der Waals surface area contributed by atoms with E-state index in [1.807, 2.05) is 0 Å². The molecule has 3 nitrogen and oxygen atoms in total. The maximum atomic E-state index is 12.3. The van der Waals surface area contributed by atoms with Gasteiger partial charge in [-0.1, -0.05) is 19.9 Å². The molecule has 2 aliphatic rings. The molecular weight excluding hydrogens is 283 g/mol. The molecule has 1 aliphatic heterocycles. The average Bonchev–Trinajstić information content (AvgIpc) is 2.81. The van der Waals surface area contributed by atoms with E-state index in [2.05, 4.69) is 23.9 Å². The summed E-state index contributed by atoms with van der Waals surface area (Å²) in [6, 6.07) is 6.19. The van der Waals surface area contributed by atoms with Crippen LogP contribution in [0.3, 0.4) is 0 Å². The van der Waals surface area contributed by atoms with Gasteiger partial charge in [0.1, 0.15) is 5.75 Å². The molecule has 1 aromatic rings. The summed E-state index contributed by atoms with van der Waals surface area (Å²) in [5, 5.41) is 3.34. The Morgan fingerprint density at radius 2 is 2.10 bits per heavy atom. The van der Waals surface area contributed by atoms with E-state index < -0.39 is 6.36 Å². The molecule has 3 unspecified atom stereocenters. The first-order valence-electron chi connectivity index (χ1n) is 7.01. The number of anilines is 1. The lowest BCUT2D eigenvalue weighted by Gasteiger charge is -2.55. The van der Waals surface area contributed by atoms with E-state index in [4.69, 9.17) is 4.74 Å². The Hall–Kier alpha value is -1.43. The molecule has 1 N–H and O–H groups in total. The number of rotatable bonds is 3. The Bertz CT molecular complexity index is 530. The molecule has 0 bridgehead atoms. The third-order valence-electron chi connectivity index (χ3n) is 4.49. The normalized spacial score (nSPS) is 30.4. The van der Waals surface area contributed by atoms with Gasteiger partial charge in [0.05, 0.1) is 6.10 Å². The monoisotopic (exact) mass is 301 g/mol. The van der Waals surface area contributed by atoms with Crippen LogP contribution in [0.15, 0.2) is 24.3 Å². The quantitative estimate of drug-likeness (QED) is 0.921. The van der Waals surface area contributed by atoms with Crippen molar-refractivity contribution in [2.45, 2.75) is 38.8 Å². The van der Waals surface area contributed by atoms with Gasteiger partial charge in [0.2, 0.25) is 0 Å². The van der Waals surface area contributed by atoms with Gasteiger partial charge in [-0.3, -0.25) is 0 Å². The van der Waals surface area contributed by atoms with Crippen molar-refractivity contribution < 1.29 is 22.6 Å². The molecule has 0 amide bonds. The fourth-order valence-corrected chi connectivity index (χ4v) is 3.58. The second-order valence-electron chi connectivity index (χ2n) is 6.26. The molecule has 0 aromatic heterocycles. The van der Waals surface area contributed by atoms with E-state index in [-0.39, 0.29) is 23.3 Å². The Balaban J connectivity index is 1.72. The minimum atomic E-state index is -4.67. The molecule has 3 atom stereocenters. The van der Waals surface area contributed by atoms with Gasteiger partial charge in [-0.25, -0.2) is 0 Å². The van der Waals surface area contributed by atoms with Crippen LogP contribution in [0.1, 0.15) is 20.3 Å². The molecule has 1 heterocycles. The lowest BCUT2D eigenvalue weighted by atomic mass is 9.57. The number of alkyl halides is 3. The third kappa shape index (κ3) is 2.69. The predicted molar refractivity (Wildman–Crippen MR) is 72.2 cm³/mol. The molecular formula is C15H18F3NO2. The number of halogens is 3. The summed E-state index contributed by atoms with van der Waals surface area (Å²) in [7, 11) is 0. The summed E-state index contributed by atoms with van der Waals surface area (Å²) < 4.78 is 46.4. The van der Waals surface area contributed by atoms with Crippen molar-refractivity contribution in [3.05, 3.63) is 24.3 Å². The first kappa shape index (κ1) is 14.5. The van der Waals surface area contributed by atoms with E-state index in [0.29, 0.717) is 11.6 Å². The van der Waals surface area contributed by atoms with Crippen LogP contribution in [0.5, 0.6) is 5.75 Å². The predicted octanol–water partition coefficient (Wildman–Crippen LogP) is 3.81. The summed E-state index contributed by atoms with van der Waals surface area (Å²) in [6.07, 6.45) is -3.44. The van der Waals surface area contributed by atoms with Gasteiger partial charge in [-0.05, 0) is 18.6 Å². The summed E-state index contributed by atoms with van der Waals surface area (Å²) in [4.78, 5) is 0. The number of hydrogen-bond acceptors (Lipinski definition) is 3. The van der Waals surface area contributed by atoms with Crippen LogP contribution in [-0.4, -0.2) is 25.1 Å². The molecule has 0 spiro atoms. The molecule has 2 fully saturated rings. The van der Waals surface area contributed by atoms with Crippen molar-refractivity contribution in [1.82, 2.24) is 0 Å². The van der Waals surface area contributed by atoms with Crippen LogP contribution in [0.2, 0.25) is 0 Å². The van der Waals surface area contributed by atoms with Gasteiger partial charge in [0, 0.05) is 35.7 Å². The van der Waals surface area contributed by atoms with Crippen molar-refractivity contribution in [2.75, 3.05) is 11.9 Å².